The van der Waals surface area contributed by atoms with Crippen LogP contribution in [0.25, 0.3) is 0 Å². The van der Waals surface area contributed by atoms with Gasteiger partial charge in [0.25, 0.3) is 11.8 Å². The molecule has 2 heterocycles. The summed E-state index contributed by atoms with van der Waals surface area (Å²) in [6, 6.07) is 27.3. The van der Waals surface area contributed by atoms with Gasteiger partial charge >= 0.3 is 12.1 Å². The van der Waals surface area contributed by atoms with Crippen molar-refractivity contribution in [3.8, 4) is 0 Å². The van der Waals surface area contributed by atoms with E-state index in [1.807, 2.05) is 50.2 Å². The molecule has 0 atom stereocenters. The van der Waals surface area contributed by atoms with Crippen molar-refractivity contribution in [1.82, 2.24) is 9.59 Å². The lowest BCUT2D eigenvalue weighted by Crippen LogP contribution is -2.13. The highest BCUT2D eigenvalue weighted by molar-refractivity contribution is 7.03. The minimum atomic E-state index is -4.32. The number of hydrogen-bond donors (Lipinski definition) is 6. The Morgan fingerprint density at radius 3 is 1.82 bits per heavy atom. The van der Waals surface area contributed by atoms with Gasteiger partial charge in [-0.3, -0.25) is 9.59 Å². The molecular weight excluding hydrogens is 767 g/mol. The molecule has 4 aromatic carbocycles. The van der Waals surface area contributed by atoms with Crippen LogP contribution in [-0.2, 0) is 25.7 Å². The summed E-state index contributed by atoms with van der Waals surface area (Å²) >= 11 is 1.03. The van der Waals surface area contributed by atoms with Crippen LogP contribution in [0.4, 0.5) is 34.6 Å². The Kier molecular flexibility index (Phi) is 17.5. The zero-order valence-electron chi connectivity index (χ0n) is 30.8. The number of carbonyl (C=O) groups excluding carboxylic acids is 2. The number of alkyl halides is 3. The van der Waals surface area contributed by atoms with E-state index >= 15 is 0 Å². The summed E-state index contributed by atoms with van der Waals surface area (Å²) < 4.78 is 59.0. The maximum atomic E-state index is 13.4. The molecule has 0 radical (unpaired) electrons. The van der Waals surface area contributed by atoms with Crippen molar-refractivity contribution in [1.29, 1.82) is 0 Å². The van der Waals surface area contributed by atoms with E-state index in [0.717, 1.165) is 40.5 Å². The van der Waals surface area contributed by atoms with Gasteiger partial charge in [0, 0.05) is 35.5 Å². The summed E-state index contributed by atoms with van der Waals surface area (Å²) in [4.78, 5) is 33.4. The molecule has 0 saturated heterocycles. The minimum absolute atomic E-state index is 0.00926. The van der Waals surface area contributed by atoms with E-state index in [1.165, 1.54) is 23.8 Å². The number of anilines is 3. The van der Waals surface area contributed by atoms with Gasteiger partial charge in [-0.15, -0.1) is 5.10 Å². The number of nitrogens with two attached hydrogens (primary N) is 3. The van der Waals surface area contributed by atoms with Crippen LogP contribution in [0, 0.1) is 11.7 Å². The van der Waals surface area contributed by atoms with Crippen LogP contribution >= 0.6 is 11.5 Å². The number of benzene rings is 4. The quantitative estimate of drug-likeness (QED) is 0.0608. The zero-order valence-corrected chi connectivity index (χ0v) is 31.6. The molecule has 0 spiro atoms. The second kappa shape index (κ2) is 22.2. The lowest BCUT2D eigenvalue weighted by Gasteiger charge is -2.11. The summed E-state index contributed by atoms with van der Waals surface area (Å²) in [5.74, 6) is -1.68. The molecule has 2 aromatic heterocycles. The van der Waals surface area contributed by atoms with E-state index in [9.17, 15) is 31.9 Å². The second-order valence-corrected chi connectivity index (χ2v) is 12.9. The number of carbonyl (C=O) groups is 3. The van der Waals surface area contributed by atoms with Gasteiger partial charge in [0.2, 0.25) is 0 Å². The van der Waals surface area contributed by atoms with Gasteiger partial charge in [0.15, 0.2) is 11.5 Å². The topological polar surface area (TPSA) is 212 Å². The van der Waals surface area contributed by atoms with Crippen LogP contribution in [0.1, 0.15) is 67.5 Å². The SMILES string of the molecule is CC(C)Cc1cc(N)cc(C(F)(F)F)c1.NCc1ccc(NC(=O)c2ccccc2F)cc1.NCc1ccc(NC(=O)c2ccco2)cc1.O=C(O)c1csnn1. The molecule has 12 nitrogen and oxygen atoms in total. The first kappa shape index (κ1) is 45.0. The predicted molar refractivity (Wildman–Crippen MR) is 211 cm³/mol. The lowest BCUT2D eigenvalue weighted by molar-refractivity contribution is -0.137. The van der Waals surface area contributed by atoms with E-state index in [-0.39, 0.29) is 22.9 Å². The van der Waals surface area contributed by atoms with E-state index < -0.39 is 29.4 Å². The average molecular weight is 808 g/mol. The molecule has 6 rings (SSSR count). The van der Waals surface area contributed by atoms with Gasteiger partial charge in [-0.1, -0.05) is 54.7 Å². The number of nitrogens with one attached hydrogen (secondary N) is 2. The fraction of sp³-hybridized carbons (Fsp3) is 0.175. The van der Waals surface area contributed by atoms with Crippen LogP contribution in [0.15, 0.2) is 119 Å². The standard InChI is InChI=1S/C14H13FN2O.C12H12N2O2.C11H14F3N.C3H2N2O2S/c15-13-4-2-1-3-12(13)14(18)17-11-7-5-10(9-16)6-8-11;13-8-9-3-5-10(6-4-9)14-12(15)11-2-1-7-16-11;1-7(2)3-8-4-9(11(12,13)14)6-10(15)5-8;6-3(7)2-1-8-5-4-2/h1-8H,9,16H2,(H,17,18);1-7H,8,13H2,(H,14,15);4-7H,3,15H2,1-2H3;1H,(H,6,7). The predicted octanol–water partition coefficient (Wildman–Crippen LogP) is 8.25. The molecule has 0 aliphatic carbocycles. The molecule has 0 unspecified atom stereocenters. The van der Waals surface area contributed by atoms with Crippen molar-refractivity contribution in [2.24, 2.45) is 17.4 Å². The highest BCUT2D eigenvalue weighted by Gasteiger charge is 2.31. The number of aromatic nitrogens is 2. The smallest absolute Gasteiger partial charge is 0.416 e. The van der Waals surface area contributed by atoms with Crippen LogP contribution in [-0.4, -0.2) is 32.5 Å². The number of carboxylic acid groups (broad SMARTS) is 1. The number of nitrogen functional groups attached to an aromatic ring is 1. The third-order valence-electron chi connectivity index (χ3n) is 7.32. The van der Waals surface area contributed by atoms with Crippen molar-refractivity contribution >= 4 is 46.4 Å². The second-order valence-electron chi connectivity index (χ2n) is 12.3. The Balaban J connectivity index is 0.000000210. The number of rotatable bonds is 9. The molecule has 0 saturated carbocycles. The molecule has 0 fully saturated rings. The van der Waals surface area contributed by atoms with Crippen molar-refractivity contribution in [3.63, 3.8) is 0 Å². The monoisotopic (exact) mass is 807 g/mol. The highest BCUT2D eigenvalue weighted by atomic mass is 32.1. The first-order valence-electron chi connectivity index (χ1n) is 17.0. The summed E-state index contributed by atoms with van der Waals surface area (Å²) in [7, 11) is 0. The minimum Gasteiger partial charge on any atom is -0.476 e. The number of carboxylic acids is 1. The molecule has 0 aliphatic heterocycles. The zero-order chi connectivity index (χ0) is 42.0. The van der Waals surface area contributed by atoms with Crippen molar-refractivity contribution in [3.05, 3.63) is 160 Å². The molecule has 300 valence electrons. The molecular formula is C40H41F4N7O5S. The van der Waals surface area contributed by atoms with E-state index in [4.69, 9.17) is 26.7 Å². The normalized spacial score (nSPS) is 10.5. The Morgan fingerprint density at radius 2 is 1.39 bits per heavy atom. The summed E-state index contributed by atoms with van der Waals surface area (Å²) in [5.41, 5.74) is 19.9. The largest absolute Gasteiger partial charge is 0.476 e. The molecule has 9 N–H and O–H groups in total. The maximum Gasteiger partial charge on any atom is 0.416 e. The van der Waals surface area contributed by atoms with Crippen LogP contribution in [0.3, 0.4) is 0 Å². The van der Waals surface area contributed by atoms with Gasteiger partial charge in [0.1, 0.15) is 5.82 Å². The highest BCUT2D eigenvalue weighted by Crippen LogP contribution is 2.31. The molecule has 6 aromatic rings. The molecule has 0 bridgehead atoms. The summed E-state index contributed by atoms with van der Waals surface area (Å²) in [6.45, 7) is 4.85. The van der Waals surface area contributed by atoms with Crippen LogP contribution < -0.4 is 27.8 Å². The van der Waals surface area contributed by atoms with Gasteiger partial charge in [-0.2, -0.15) is 13.2 Å². The molecule has 17 heteroatoms. The Bertz CT molecular complexity index is 2150. The number of amides is 2. The third-order valence-corrected chi connectivity index (χ3v) is 7.83. The van der Waals surface area contributed by atoms with Crippen molar-refractivity contribution in [2.75, 3.05) is 16.4 Å². The van der Waals surface area contributed by atoms with Crippen LogP contribution in [0.2, 0.25) is 0 Å². The maximum absolute atomic E-state index is 13.4. The van der Waals surface area contributed by atoms with E-state index in [2.05, 4.69) is 20.2 Å². The number of nitrogens with zero attached hydrogens (tertiary/aromatic N) is 2. The molecule has 57 heavy (non-hydrogen) atoms. The Morgan fingerprint density at radius 1 is 0.807 bits per heavy atom. The molecule has 2 amide bonds. The van der Waals surface area contributed by atoms with Gasteiger partial charge in [-0.05, 0) is 107 Å². The third kappa shape index (κ3) is 15.7. The van der Waals surface area contributed by atoms with Crippen LogP contribution in [0.5, 0.6) is 0 Å². The molecule has 0 aliphatic rings. The summed E-state index contributed by atoms with van der Waals surface area (Å²) in [5, 5.41) is 18.2. The van der Waals surface area contributed by atoms with Crippen molar-refractivity contribution in [2.45, 2.75) is 39.5 Å². The first-order valence-corrected chi connectivity index (χ1v) is 17.9. The van der Waals surface area contributed by atoms with Gasteiger partial charge in [-0.25, -0.2) is 9.18 Å². The fourth-order valence-corrected chi connectivity index (χ4v) is 5.05. The number of halogens is 4. The summed E-state index contributed by atoms with van der Waals surface area (Å²) in [6.07, 6.45) is -2.25. The Labute approximate surface area is 329 Å². The lowest BCUT2D eigenvalue weighted by atomic mass is 10.00. The number of furan rings is 1. The number of hydrogen-bond acceptors (Lipinski definition) is 10. The average Bonchev–Trinajstić information content (AvgIpc) is 3.92. The fourth-order valence-electron chi connectivity index (χ4n) is 4.62. The first-order chi connectivity index (χ1) is 27.1. The van der Waals surface area contributed by atoms with Gasteiger partial charge < -0.3 is 37.4 Å². The van der Waals surface area contributed by atoms with Gasteiger partial charge in [0.05, 0.1) is 17.4 Å². The van der Waals surface area contributed by atoms with E-state index in [1.54, 1.807) is 42.5 Å². The van der Waals surface area contributed by atoms with E-state index in [0.29, 0.717) is 42.4 Å². The number of aromatic carboxylic acids is 1. The Hall–Kier alpha value is -6.43. The van der Waals surface area contributed by atoms with Crippen molar-refractivity contribution < 1.29 is 41.5 Å².